The highest BCUT2D eigenvalue weighted by Crippen LogP contribution is 2.38. The maximum Gasteiger partial charge on any atom is 0.129 e. The van der Waals surface area contributed by atoms with Crippen molar-refractivity contribution in [1.82, 2.24) is 5.32 Å². The zero-order chi connectivity index (χ0) is 11.0. The molecule has 0 saturated heterocycles. The van der Waals surface area contributed by atoms with Gasteiger partial charge in [-0.2, -0.15) is 0 Å². The molecular weight excluding hydrogens is 196 g/mol. The Balaban J connectivity index is 2.56. The van der Waals surface area contributed by atoms with Crippen molar-refractivity contribution < 1.29 is 8.78 Å². The number of halogens is 2. The van der Waals surface area contributed by atoms with E-state index in [-0.39, 0.29) is 12.0 Å². The highest BCUT2D eigenvalue weighted by atomic mass is 19.1. The molecule has 1 nitrogen and oxygen atoms in total. The third-order valence-corrected chi connectivity index (χ3v) is 3.23. The van der Waals surface area contributed by atoms with Gasteiger partial charge in [-0.25, -0.2) is 8.78 Å². The summed E-state index contributed by atoms with van der Waals surface area (Å²) in [7, 11) is 1.83. The summed E-state index contributed by atoms with van der Waals surface area (Å²) in [5.74, 6) is -0.705. The van der Waals surface area contributed by atoms with Crippen molar-refractivity contribution in [2.45, 2.75) is 31.7 Å². The number of hydrogen-bond donors (Lipinski definition) is 1. The van der Waals surface area contributed by atoms with Crippen LogP contribution in [0, 0.1) is 11.6 Å². The predicted molar refractivity (Wildman–Crippen MR) is 55.8 cm³/mol. The van der Waals surface area contributed by atoms with Gasteiger partial charge in [-0.3, -0.25) is 0 Å². The second-order valence-electron chi connectivity index (χ2n) is 4.21. The summed E-state index contributed by atoms with van der Waals surface area (Å²) in [6, 6.07) is 2.52. The summed E-state index contributed by atoms with van der Waals surface area (Å²) in [4.78, 5) is 0. The fraction of sp³-hybridized carbons (Fsp3) is 0.500. The largest absolute Gasteiger partial charge is 0.313 e. The van der Waals surface area contributed by atoms with Gasteiger partial charge in [0.05, 0.1) is 0 Å². The van der Waals surface area contributed by atoms with Crippen molar-refractivity contribution >= 4 is 0 Å². The van der Waals surface area contributed by atoms with Crippen LogP contribution in [0.25, 0.3) is 0 Å². The number of nitrogens with one attached hydrogen (secondary N) is 1. The molecule has 0 amide bonds. The van der Waals surface area contributed by atoms with E-state index in [4.69, 9.17) is 0 Å². The van der Waals surface area contributed by atoms with Gasteiger partial charge in [0.15, 0.2) is 0 Å². The molecule has 0 fully saturated rings. The van der Waals surface area contributed by atoms with E-state index in [1.165, 1.54) is 6.07 Å². The van der Waals surface area contributed by atoms with Crippen molar-refractivity contribution in [3.8, 4) is 0 Å². The number of rotatable bonds is 1. The molecule has 0 aliphatic heterocycles. The van der Waals surface area contributed by atoms with Gasteiger partial charge >= 0.3 is 0 Å². The molecule has 15 heavy (non-hydrogen) atoms. The van der Waals surface area contributed by atoms with E-state index in [1.807, 2.05) is 14.0 Å². The standard InChI is InChI=1S/C12H15F2N/c1-7-3-4-11(15-2)9-5-8(13)6-10(14)12(7)9/h5-7,11,15H,3-4H2,1-2H3. The Morgan fingerprint density at radius 1 is 1.27 bits per heavy atom. The summed E-state index contributed by atoms with van der Waals surface area (Å²) >= 11 is 0. The Bertz CT molecular complexity index is 376. The van der Waals surface area contributed by atoms with Crippen molar-refractivity contribution in [3.63, 3.8) is 0 Å². The normalized spacial score (nSPS) is 25.1. The zero-order valence-corrected chi connectivity index (χ0v) is 8.98. The van der Waals surface area contributed by atoms with Crippen LogP contribution in [-0.2, 0) is 0 Å². The monoisotopic (exact) mass is 211 g/mol. The summed E-state index contributed by atoms with van der Waals surface area (Å²) in [6.07, 6.45) is 1.88. The quantitative estimate of drug-likeness (QED) is 0.752. The SMILES string of the molecule is CNC1CCC(C)c2c(F)cc(F)cc21. The van der Waals surface area contributed by atoms with Gasteiger partial charge < -0.3 is 5.32 Å². The number of hydrogen-bond acceptors (Lipinski definition) is 1. The molecule has 2 unspecified atom stereocenters. The fourth-order valence-corrected chi connectivity index (χ4v) is 2.43. The molecule has 0 aromatic heterocycles. The molecule has 2 rings (SSSR count). The fourth-order valence-electron chi connectivity index (χ4n) is 2.43. The molecular formula is C12H15F2N. The molecule has 0 radical (unpaired) electrons. The van der Waals surface area contributed by atoms with Gasteiger partial charge in [0, 0.05) is 12.1 Å². The molecule has 0 heterocycles. The van der Waals surface area contributed by atoms with Crippen LogP contribution >= 0.6 is 0 Å². The average molecular weight is 211 g/mol. The molecule has 1 aliphatic carbocycles. The minimum atomic E-state index is -0.486. The Labute approximate surface area is 88.5 Å². The Hall–Kier alpha value is -0.960. The number of benzene rings is 1. The summed E-state index contributed by atoms with van der Waals surface area (Å²) in [5.41, 5.74) is 1.47. The molecule has 1 aromatic rings. The van der Waals surface area contributed by atoms with Crippen molar-refractivity contribution in [2.75, 3.05) is 7.05 Å². The lowest BCUT2D eigenvalue weighted by Crippen LogP contribution is -2.24. The summed E-state index contributed by atoms with van der Waals surface area (Å²) in [6.45, 7) is 1.99. The summed E-state index contributed by atoms with van der Waals surface area (Å²) < 4.78 is 26.7. The van der Waals surface area contributed by atoms with Crippen LogP contribution in [0.15, 0.2) is 12.1 Å². The lowest BCUT2D eigenvalue weighted by atomic mass is 9.80. The minimum Gasteiger partial charge on any atom is -0.313 e. The van der Waals surface area contributed by atoms with Crippen LogP contribution in [0.2, 0.25) is 0 Å². The highest BCUT2D eigenvalue weighted by molar-refractivity contribution is 5.36. The van der Waals surface area contributed by atoms with Crippen LogP contribution in [0.4, 0.5) is 8.78 Å². The topological polar surface area (TPSA) is 12.0 Å². The lowest BCUT2D eigenvalue weighted by Gasteiger charge is -2.29. The van der Waals surface area contributed by atoms with E-state index >= 15 is 0 Å². The maximum atomic E-state index is 13.6. The van der Waals surface area contributed by atoms with Crippen molar-refractivity contribution in [1.29, 1.82) is 0 Å². The van der Waals surface area contributed by atoms with Crippen molar-refractivity contribution in [3.05, 3.63) is 34.9 Å². The third-order valence-electron chi connectivity index (χ3n) is 3.23. The maximum absolute atomic E-state index is 13.6. The van der Waals surface area contributed by atoms with E-state index in [1.54, 1.807) is 0 Å². The average Bonchev–Trinajstić information content (AvgIpc) is 2.17. The minimum absolute atomic E-state index is 0.0846. The molecule has 1 N–H and O–H groups in total. The van der Waals surface area contributed by atoms with Crippen molar-refractivity contribution in [2.24, 2.45) is 0 Å². The molecule has 3 heteroatoms. The Morgan fingerprint density at radius 3 is 2.67 bits per heavy atom. The lowest BCUT2D eigenvalue weighted by molar-refractivity contribution is 0.435. The molecule has 2 atom stereocenters. The van der Waals surface area contributed by atoms with Crippen LogP contribution in [0.1, 0.15) is 42.9 Å². The van der Waals surface area contributed by atoms with E-state index in [9.17, 15) is 8.78 Å². The molecule has 1 aliphatic rings. The molecule has 82 valence electrons. The molecule has 1 aromatic carbocycles. The van der Waals surface area contributed by atoms with Crippen LogP contribution < -0.4 is 5.32 Å². The summed E-state index contributed by atoms with van der Waals surface area (Å²) in [5, 5.41) is 3.10. The second-order valence-corrected chi connectivity index (χ2v) is 4.21. The van der Waals surface area contributed by atoms with Gasteiger partial charge in [-0.1, -0.05) is 6.92 Å². The Morgan fingerprint density at radius 2 is 2.00 bits per heavy atom. The molecule has 0 bridgehead atoms. The van der Waals surface area contributed by atoms with Gasteiger partial charge in [0.1, 0.15) is 11.6 Å². The highest BCUT2D eigenvalue weighted by Gasteiger charge is 2.27. The smallest absolute Gasteiger partial charge is 0.129 e. The first-order valence-corrected chi connectivity index (χ1v) is 5.29. The zero-order valence-electron chi connectivity index (χ0n) is 8.98. The Kier molecular flexibility index (Phi) is 2.74. The third kappa shape index (κ3) is 1.76. The molecule has 0 spiro atoms. The van der Waals surface area contributed by atoms with Gasteiger partial charge in [-0.05, 0) is 43.0 Å². The van der Waals surface area contributed by atoms with E-state index < -0.39 is 11.6 Å². The van der Waals surface area contributed by atoms with Gasteiger partial charge in [0.25, 0.3) is 0 Å². The first kappa shape index (κ1) is 10.6. The second kappa shape index (κ2) is 3.89. The first-order valence-electron chi connectivity index (χ1n) is 5.29. The van der Waals surface area contributed by atoms with E-state index in [2.05, 4.69) is 5.32 Å². The van der Waals surface area contributed by atoms with Gasteiger partial charge in [-0.15, -0.1) is 0 Å². The first-order chi connectivity index (χ1) is 7.13. The predicted octanol–water partition coefficient (Wildman–Crippen LogP) is 3.12. The molecule has 0 saturated carbocycles. The van der Waals surface area contributed by atoms with E-state index in [0.29, 0.717) is 5.56 Å². The van der Waals surface area contributed by atoms with Gasteiger partial charge in [0.2, 0.25) is 0 Å². The van der Waals surface area contributed by atoms with Crippen LogP contribution in [0.3, 0.4) is 0 Å². The van der Waals surface area contributed by atoms with Crippen LogP contribution in [-0.4, -0.2) is 7.05 Å². The van der Waals surface area contributed by atoms with E-state index in [0.717, 1.165) is 24.5 Å². The number of fused-ring (bicyclic) bond motifs is 1. The van der Waals surface area contributed by atoms with Crippen LogP contribution in [0.5, 0.6) is 0 Å².